The number of ether oxygens (including phenoxy) is 2. The average Bonchev–Trinajstić information content (AvgIpc) is 3.71. The van der Waals surface area contributed by atoms with E-state index in [4.69, 9.17) is 37.8 Å². The van der Waals surface area contributed by atoms with Crippen LogP contribution in [0.2, 0.25) is 10.0 Å². The molecule has 2 aromatic heterocycles. The summed E-state index contributed by atoms with van der Waals surface area (Å²) < 4.78 is 39.1. The first-order valence-electron chi connectivity index (χ1n) is 13.4. The van der Waals surface area contributed by atoms with Gasteiger partial charge in [-0.1, -0.05) is 41.4 Å². The van der Waals surface area contributed by atoms with E-state index >= 15 is 0 Å². The highest BCUT2D eigenvalue weighted by atomic mass is 35.5. The topological polar surface area (TPSA) is 206 Å². The summed E-state index contributed by atoms with van der Waals surface area (Å²) in [6, 6.07) is 9.24. The molecule has 0 aliphatic heterocycles. The van der Waals surface area contributed by atoms with Crippen LogP contribution in [0.4, 0.5) is 8.78 Å². The van der Waals surface area contributed by atoms with Crippen LogP contribution in [0.3, 0.4) is 0 Å². The highest BCUT2D eigenvalue weighted by molar-refractivity contribution is 6.31. The fourth-order valence-electron chi connectivity index (χ4n) is 3.93. The third-order valence-electron chi connectivity index (χ3n) is 6.25. The number of carboxylic acids is 2. The molecule has 2 aromatic carbocycles. The molecule has 0 saturated heterocycles. The summed E-state index contributed by atoms with van der Waals surface area (Å²) in [6.07, 6.45) is -0.566. The molecule has 1 amide bonds. The number of aliphatic hydroxyl groups is 1. The van der Waals surface area contributed by atoms with Gasteiger partial charge < -0.3 is 30.1 Å². The van der Waals surface area contributed by atoms with Gasteiger partial charge in [0.1, 0.15) is 29.6 Å². The van der Waals surface area contributed by atoms with Gasteiger partial charge in [0.05, 0.1) is 19.2 Å². The van der Waals surface area contributed by atoms with Gasteiger partial charge in [-0.2, -0.15) is 10.2 Å². The molecular weight excluding hydrogens is 671 g/mol. The molecule has 0 fully saturated rings. The molecule has 0 saturated carbocycles. The molecule has 0 bridgehead atoms. The van der Waals surface area contributed by atoms with E-state index in [1.54, 1.807) is 24.3 Å². The highest BCUT2D eigenvalue weighted by Crippen LogP contribution is 2.22. The molecule has 0 unspecified atom stereocenters. The zero-order valence-electron chi connectivity index (χ0n) is 24.3. The maximum Gasteiger partial charge on any atom is 0.354 e. The first kappa shape index (κ1) is 36.6. The lowest BCUT2D eigenvalue weighted by Gasteiger charge is -2.23. The number of aromatic nitrogens is 4. The van der Waals surface area contributed by atoms with Gasteiger partial charge in [0.15, 0.2) is 11.8 Å². The van der Waals surface area contributed by atoms with Crippen molar-refractivity contribution < 1.29 is 52.8 Å². The number of carboxylic acid groups (broad SMARTS) is 2. The van der Waals surface area contributed by atoms with Crippen LogP contribution >= 0.6 is 23.2 Å². The number of halogens is 4. The number of aromatic carboxylic acids is 2. The largest absolute Gasteiger partial charge is 0.477 e. The van der Waals surface area contributed by atoms with E-state index in [2.05, 4.69) is 20.6 Å². The van der Waals surface area contributed by atoms with Crippen molar-refractivity contribution in [2.45, 2.75) is 25.1 Å². The van der Waals surface area contributed by atoms with Gasteiger partial charge in [-0.3, -0.25) is 14.6 Å². The number of carbonyl (C=O) groups is 4. The summed E-state index contributed by atoms with van der Waals surface area (Å²) in [5.74, 6) is -6.60. The van der Waals surface area contributed by atoms with Crippen molar-refractivity contribution in [2.75, 3.05) is 20.3 Å². The standard InChI is InChI=1S/C25H23Cl2F2N3O7.C4H4N2O2/c1-38-6-7-39-25(37)22(33)19(8-13-4-2-3-5-16(13)27)30-23(34)20-11-21(24(35)36)32(31-20)12-15-17(28)9-14(26)10-18(15)29;7-4(8)3-1-2-5-6-3/h2-5,9-11,19,22,33H,6-8,12H2,1H3,(H,30,34)(H,35,36);1-2H,(H,5,6)(H,7,8)/t19-,22-;/m1./s1. The molecule has 18 heteroatoms. The number of nitrogens with one attached hydrogen (secondary N) is 2. The minimum atomic E-state index is -1.85. The number of amides is 1. The lowest BCUT2D eigenvalue weighted by Crippen LogP contribution is -2.49. The number of carbonyl (C=O) groups excluding carboxylic acids is 2. The number of aromatic amines is 1. The number of rotatable bonds is 13. The smallest absolute Gasteiger partial charge is 0.354 e. The Kier molecular flexibility index (Phi) is 13.3. The van der Waals surface area contributed by atoms with Crippen LogP contribution in [0.15, 0.2) is 54.7 Å². The van der Waals surface area contributed by atoms with Gasteiger partial charge in [0, 0.05) is 35.0 Å². The number of hydrogen-bond acceptors (Lipinski definition) is 9. The molecule has 0 radical (unpaired) electrons. The van der Waals surface area contributed by atoms with E-state index in [0.29, 0.717) is 10.6 Å². The number of nitrogens with zero attached hydrogens (tertiary/aromatic N) is 3. The second kappa shape index (κ2) is 17.1. The van der Waals surface area contributed by atoms with Crippen molar-refractivity contribution in [3.05, 3.63) is 105 Å². The summed E-state index contributed by atoms with van der Waals surface area (Å²) in [6.45, 7) is -0.741. The van der Waals surface area contributed by atoms with Crippen molar-refractivity contribution in [1.82, 2.24) is 25.3 Å². The molecule has 250 valence electrons. The van der Waals surface area contributed by atoms with Crippen molar-refractivity contribution in [1.29, 1.82) is 0 Å². The molecule has 0 aliphatic rings. The Morgan fingerprint density at radius 1 is 1.02 bits per heavy atom. The number of esters is 1. The molecule has 4 aromatic rings. The molecule has 2 heterocycles. The van der Waals surface area contributed by atoms with Crippen LogP contribution < -0.4 is 5.32 Å². The Labute approximate surface area is 274 Å². The normalized spacial score (nSPS) is 12.0. The second-order valence-electron chi connectivity index (χ2n) is 9.48. The van der Waals surface area contributed by atoms with Crippen LogP contribution in [-0.2, 0) is 27.2 Å². The van der Waals surface area contributed by atoms with Crippen LogP contribution in [-0.4, -0.2) is 91.6 Å². The predicted molar refractivity (Wildman–Crippen MR) is 160 cm³/mol. The summed E-state index contributed by atoms with van der Waals surface area (Å²) in [5, 5.41) is 40.6. The second-order valence-corrected chi connectivity index (χ2v) is 10.3. The van der Waals surface area contributed by atoms with Gasteiger partial charge in [-0.15, -0.1) is 0 Å². The lowest BCUT2D eigenvalue weighted by atomic mass is 10.0. The monoisotopic (exact) mass is 697 g/mol. The summed E-state index contributed by atoms with van der Waals surface area (Å²) in [7, 11) is 1.39. The van der Waals surface area contributed by atoms with E-state index in [9.17, 15) is 38.2 Å². The Hall–Kier alpha value is -4.90. The number of methoxy groups -OCH3 is 1. The fourth-order valence-corrected chi connectivity index (χ4v) is 4.33. The SMILES string of the molecule is COCCOC(=O)[C@H](O)[C@@H](Cc1ccccc1Cl)NC(=O)c1cc(C(=O)O)n(Cc2c(F)cc(Cl)cc2F)n1.O=C(O)c1ccn[nH]1. The van der Waals surface area contributed by atoms with Crippen molar-refractivity contribution >= 4 is 47.0 Å². The molecule has 4 rings (SSSR count). The van der Waals surface area contributed by atoms with Crippen LogP contribution in [0.25, 0.3) is 0 Å². The van der Waals surface area contributed by atoms with Crippen LogP contribution in [0.1, 0.15) is 42.6 Å². The number of H-pyrrole nitrogens is 1. The molecule has 5 N–H and O–H groups in total. The van der Waals surface area contributed by atoms with Gasteiger partial charge >= 0.3 is 17.9 Å². The molecule has 2 atom stereocenters. The van der Waals surface area contributed by atoms with Crippen LogP contribution in [0.5, 0.6) is 0 Å². The highest BCUT2D eigenvalue weighted by Gasteiger charge is 2.31. The maximum atomic E-state index is 14.3. The Bertz CT molecular complexity index is 1700. The van der Waals surface area contributed by atoms with Crippen LogP contribution in [0, 0.1) is 11.6 Å². The zero-order valence-corrected chi connectivity index (χ0v) is 25.8. The van der Waals surface area contributed by atoms with E-state index < -0.39 is 71.1 Å². The van der Waals surface area contributed by atoms with Crippen molar-refractivity contribution in [3.63, 3.8) is 0 Å². The molecule has 47 heavy (non-hydrogen) atoms. The third-order valence-corrected chi connectivity index (χ3v) is 6.83. The Morgan fingerprint density at radius 3 is 2.26 bits per heavy atom. The first-order valence-corrected chi connectivity index (χ1v) is 14.1. The Balaban J connectivity index is 0.000000653. The minimum absolute atomic E-state index is 0.0736. The average molecular weight is 698 g/mol. The molecule has 0 spiro atoms. The zero-order chi connectivity index (χ0) is 34.7. The third kappa shape index (κ3) is 10.3. The minimum Gasteiger partial charge on any atom is -0.477 e. The quantitative estimate of drug-likeness (QED) is 0.101. The number of benzene rings is 2. The molecule has 0 aliphatic carbocycles. The lowest BCUT2D eigenvalue weighted by molar-refractivity contribution is -0.156. The van der Waals surface area contributed by atoms with Crippen molar-refractivity contribution in [3.8, 4) is 0 Å². The van der Waals surface area contributed by atoms with Gasteiger partial charge in [0.2, 0.25) is 0 Å². The number of hydrogen-bond donors (Lipinski definition) is 5. The van der Waals surface area contributed by atoms with E-state index in [0.717, 1.165) is 22.9 Å². The van der Waals surface area contributed by atoms with E-state index in [1.807, 2.05) is 0 Å². The van der Waals surface area contributed by atoms with Gasteiger partial charge in [0.25, 0.3) is 5.91 Å². The van der Waals surface area contributed by atoms with E-state index in [1.165, 1.54) is 19.4 Å². The van der Waals surface area contributed by atoms with Gasteiger partial charge in [-0.25, -0.2) is 23.2 Å². The first-order chi connectivity index (χ1) is 22.3. The Morgan fingerprint density at radius 2 is 1.70 bits per heavy atom. The van der Waals surface area contributed by atoms with Crippen molar-refractivity contribution in [2.24, 2.45) is 0 Å². The molecule has 14 nitrogen and oxygen atoms in total. The maximum absolute atomic E-state index is 14.3. The van der Waals surface area contributed by atoms with E-state index in [-0.39, 0.29) is 30.4 Å². The summed E-state index contributed by atoms with van der Waals surface area (Å²) >= 11 is 11.8. The predicted octanol–water partition coefficient (Wildman–Crippen LogP) is 3.21. The van der Waals surface area contributed by atoms with Gasteiger partial charge in [-0.05, 0) is 36.2 Å². The molecular formula is C29H27Cl2F2N5O9. The summed E-state index contributed by atoms with van der Waals surface area (Å²) in [4.78, 5) is 47.2. The number of aliphatic hydroxyl groups excluding tert-OH is 1. The fraction of sp³-hybridized carbons (Fsp3) is 0.241. The summed E-state index contributed by atoms with van der Waals surface area (Å²) in [5.41, 5.74) is -0.922.